The first-order chi connectivity index (χ1) is 20.3. The number of hydrogen-bond acceptors (Lipinski definition) is 8. The van der Waals surface area contributed by atoms with Crippen LogP contribution in [0.1, 0.15) is 52.5 Å². The van der Waals surface area contributed by atoms with Gasteiger partial charge >= 0.3 is 10.2 Å². The molecule has 0 bridgehead atoms. The van der Waals surface area contributed by atoms with Crippen LogP contribution in [0.5, 0.6) is 0 Å². The van der Waals surface area contributed by atoms with Gasteiger partial charge in [-0.25, -0.2) is 14.1 Å². The van der Waals surface area contributed by atoms with Crippen LogP contribution in [0.25, 0.3) is 0 Å². The molecule has 5 rings (SSSR count). The monoisotopic (exact) mass is 652 g/mol. The first kappa shape index (κ1) is 31.9. The summed E-state index contributed by atoms with van der Waals surface area (Å²) in [6.07, 6.45) is 4.72. The summed E-state index contributed by atoms with van der Waals surface area (Å²) < 4.78 is 44.6. The molecule has 2 saturated heterocycles. The third-order valence-corrected chi connectivity index (χ3v) is 9.31. The molecule has 4 heterocycles. The molecule has 1 atom stereocenters. The smallest absolute Gasteiger partial charge is 0.345 e. The van der Waals surface area contributed by atoms with Crippen LogP contribution in [-0.2, 0) is 16.8 Å². The van der Waals surface area contributed by atoms with E-state index in [1.165, 1.54) is 6.07 Å². The second-order valence-electron chi connectivity index (χ2n) is 12.3. The molecule has 0 amide bonds. The molecule has 0 saturated carbocycles. The second-order valence-corrected chi connectivity index (χ2v) is 14.5. The summed E-state index contributed by atoms with van der Waals surface area (Å²) in [4.78, 5) is 16.3. The van der Waals surface area contributed by atoms with Crippen LogP contribution in [-0.4, -0.2) is 85.2 Å². The predicted octanol–water partition coefficient (Wildman–Crippen LogP) is 4.95. The maximum absolute atomic E-state index is 14.3. The Morgan fingerprint density at radius 1 is 1.14 bits per heavy atom. The van der Waals surface area contributed by atoms with E-state index in [9.17, 15) is 12.8 Å². The number of amidine groups is 2. The minimum Gasteiger partial charge on any atom is -0.353 e. The zero-order valence-corrected chi connectivity index (χ0v) is 27.3. The molecule has 1 aromatic heterocycles. The van der Waals surface area contributed by atoms with E-state index in [2.05, 4.69) is 46.0 Å². The van der Waals surface area contributed by atoms with E-state index in [-0.39, 0.29) is 17.5 Å². The van der Waals surface area contributed by atoms with Crippen LogP contribution < -0.4 is 14.9 Å². The van der Waals surface area contributed by atoms with Crippen molar-refractivity contribution >= 4 is 56.6 Å². The van der Waals surface area contributed by atoms with E-state index in [4.69, 9.17) is 23.2 Å². The lowest BCUT2D eigenvalue weighted by Crippen LogP contribution is -2.58. The average molecular weight is 654 g/mol. The molecule has 2 fully saturated rings. The van der Waals surface area contributed by atoms with Crippen molar-refractivity contribution in [3.8, 4) is 0 Å². The Bertz CT molecular complexity index is 1510. The van der Waals surface area contributed by atoms with E-state index in [1.807, 2.05) is 20.8 Å². The Morgan fingerprint density at radius 2 is 1.88 bits per heavy atom. The molecular formula is C29H39Cl2FN8O2S. The summed E-state index contributed by atoms with van der Waals surface area (Å²) in [6, 6.07) is 7.48. The van der Waals surface area contributed by atoms with E-state index >= 15 is 0 Å². The van der Waals surface area contributed by atoms with Crippen LogP contribution in [0.3, 0.4) is 0 Å². The zero-order valence-electron chi connectivity index (χ0n) is 24.9. The first-order valence-corrected chi connectivity index (χ1v) is 16.8. The van der Waals surface area contributed by atoms with Crippen LogP contribution in [0, 0.1) is 5.82 Å². The molecule has 10 nitrogen and oxygen atoms in total. The van der Waals surface area contributed by atoms with Crippen molar-refractivity contribution in [3.63, 3.8) is 0 Å². The van der Waals surface area contributed by atoms with Crippen molar-refractivity contribution in [2.24, 2.45) is 9.39 Å². The molecule has 2 N–H and O–H groups in total. The molecule has 0 unspecified atom stereocenters. The lowest BCUT2D eigenvalue weighted by atomic mass is 9.97. The highest BCUT2D eigenvalue weighted by Crippen LogP contribution is 2.31. The molecule has 0 radical (unpaired) electrons. The van der Waals surface area contributed by atoms with Gasteiger partial charge in [0.15, 0.2) is 11.7 Å². The lowest BCUT2D eigenvalue weighted by molar-refractivity contribution is 0.0607. The summed E-state index contributed by atoms with van der Waals surface area (Å²) in [5.74, 6) is 0.708. The molecule has 0 aliphatic carbocycles. The predicted molar refractivity (Wildman–Crippen MR) is 172 cm³/mol. The second kappa shape index (κ2) is 12.8. The minimum atomic E-state index is -3.86. The molecule has 43 heavy (non-hydrogen) atoms. The van der Waals surface area contributed by atoms with Crippen molar-refractivity contribution in [2.75, 3.05) is 42.9 Å². The number of hydrogen-bond donors (Lipinski definition) is 2. The van der Waals surface area contributed by atoms with Crippen LogP contribution in [0.4, 0.5) is 15.9 Å². The van der Waals surface area contributed by atoms with Gasteiger partial charge < -0.3 is 10.2 Å². The summed E-state index contributed by atoms with van der Waals surface area (Å²) in [5, 5.41) is 3.90. The average Bonchev–Trinajstić information content (AvgIpc) is 3.21. The Morgan fingerprint density at radius 3 is 2.53 bits per heavy atom. The maximum Gasteiger partial charge on any atom is 0.345 e. The Kier molecular flexibility index (Phi) is 9.53. The molecule has 0 spiro atoms. The molecule has 2 aromatic rings. The van der Waals surface area contributed by atoms with Gasteiger partial charge in [-0.3, -0.25) is 14.8 Å². The molecular weight excluding hydrogens is 614 g/mol. The van der Waals surface area contributed by atoms with Gasteiger partial charge in [0.25, 0.3) is 0 Å². The van der Waals surface area contributed by atoms with Gasteiger partial charge in [0.1, 0.15) is 11.6 Å². The molecule has 3 aliphatic rings. The number of piperazine rings is 1. The third-order valence-electron chi connectivity index (χ3n) is 7.93. The minimum absolute atomic E-state index is 0.101. The number of likely N-dealkylation sites (tertiary alicyclic amines) is 1. The van der Waals surface area contributed by atoms with Crippen LogP contribution >= 0.6 is 23.2 Å². The highest BCUT2D eigenvalue weighted by atomic mass is 35.5. The molecule has 1 aromatic carbocycles. The van der Waals surface area contributed by atoms with Crippen molar-refractivity contribution in [3.05, 3.63) is 51.9 Å². The molecule has 14 heteroatoms. The fourth-order valence-corrected chi connectivity index (χ4v) is 7.17. The maximum atomic E-state index is 14.3. The number of aromatic nitrogens is 1. The number of nitrogens with zero attached hydrogens (tertiary/aromatic N) is 6. The van der Waals surface area contributed by atoms with Crippen molar-refractivity contribution in [1.82, 2.24) is 19.5 Å². The fourth-order valence-electron chi connectivity index (χ4n) is 5.92. The summed E-state index contributed by atoms with van der Waals surface area (Å²) in [7, 11) is -3.86. The lowest BCUT2D eigenvalue weighted by Gasteiger charge is -2.47. The summed E-state index contributed by atoms with van der Waals surface area (Å²) in [6.45, 7) is 12.8. The Labute approximate surface area is 263 Å². The number of halogens is 3. The number of nitrogens with one attached hydrogen (secondary N) is 2. The summed E-state index contributed by atoms with van der Waals surface area (Å²) >= 11 is 12.6. The van der Waals surface area contributed by atoms with Gasteiger partial charge in [-0.15, -0.1) is 4.40 Å². The fraction of sp³-hybridized carbons (Fsp3) is 0.552. The van der Waals surface area contributed by atoms with Crippen molar-refractivity contribution < 1.29 is 12.8 Å². The van der Waals surface area contributed by atoms with Crippen LogP contribution in [0.2, 0.25) is 10.0 Å². The topological polar surface area (TPSA) is 106 Å². The number of benzene rings is 1. The van der Waals surface area contributed by atoms with E-state index < -0.39 is 15.7 Å². The zero-order chi connectivity index (χ0) is 30.9. The number of piperidine rings is 1. The van der Waals surface area contributed by atoms with Gasteiger partial charge in [0.2, 0.25) is 0 Å². The first-order valence-electron chi connectivity index (χ1n) is 14.6. The number of aliphatic imine (C=N–C) groups is 1. The summed E-state index contributed by atoms with van der Waals surface area (Å²) in [5.41, 5.74) is 0.699. The van der Waals surface area contributed by atoms with E-state index in [0.29, 0.717) is 45.7 Å². The molecule has 234 valence electrons. The number of anilines is 2. The highest BCUT2D eigenvalue weighted by molar-refractivity contribution is 7.89. The van der Waals surface area contributed by atoms with Crippen molar-refractivity contribution in [1.29, 1.82) is 0 Å². The number of pyridine rings is 1. The Balaban J connectivity index is 1.19. The standard InChI is InChI=1S/C29H39Cl2FN8O2S/c1-5-22-18-39(12-13-40(22)23-8-10-38(11-9-23)17-19-6-7-20(30)14-25(19)32)28-24(31)15-21(16-33-28)34-26-27(35-29(2,3)4)37-43(41,42)36-26/h6-7,14-16,22-23H,5,8-13,17-18H2,1-4H3,(H,34,36)(H,35,37)/t22-/m0/s1. The van der Waals surface area contributed by atoms with E-state index in [0.717, 1.165) is 52.0 Å². The highest BCUT2D eigenvalue weighted by Gasteiger charge is 2.34. The molecule has 3 aliphatic heterocycles. The van der Waals surface area contributed by atoms with Gasteiger partial charge in [0, 0.05) is 48.8 Å². The third kappa shape index (κ3) is 7.96. The van der Waals surface area contributed by atoms with Gasteiger partial charge in [0.05, 0.1) is 22.4 Å². The van der Waals surface area contributed by atoms with Crippen LogP contribution in [0.15, 0.2) is 39.9 Å². The van der Waals surface area contributed by atoms with Gasteiger partial charge in [-0.2, -0.15) is 8.42 Å². The van der Waals surface area contributed by atoms with Crippen molar-refractivity contribution in [2.45, 2.75) is 71.1 Å². The largest absolute Gasteiger partial charge is 0.353 e. The number of rotatable bonds is 6. The quantitative estimate of drug-likeness (QED) is 0.455. The Hall–Kier alpha value is -2.51. The van der Waals surface area contributed by atoms with Gasteiger partial charge in [-0.1, -0.05) is 36.2 Å². The SMILES string of the molecule is CC[C@H]1CN(c2ncc(NC3=NS(=O)(=O)NC3=NC(C)(C)C)cc2Cl)CCN1C1CCN(Cc2ccc(Cl)cc2F)CC1. The van der Waals surface area contributed by atoms with E-state index in [1.54, 1.807) is 24.4 Å². The normalized spacial score (nSPS) is 23.0. The van der Waals surface area contributed by atoms with Gasteiger partial charge in [-0.05, 0) is 71.3 Å².